The average Bonchev–Trinajstić information content (AvgIpc) is 3.33. The van der Waals surface area contributed by atoms with Gasteiger partial charge in [0.2, 0.25) is 0 Å². The van der Waals surface area contributed by atoms with Gasteiger partial charge >= 0.3 is 5.69 Å². The Hall–Kier alpha value is -3.59. The number of imidazole rings is 1. The van der Waals surface area contributed by atoms with Gasteiger partial charge in [-0.3, -0.25) is 0 Å². The normalized spacial score (nSPS) is 15.0. The number of hydrogen-bond donors (Lipinski definition) is 4. The molecule has 9 heteroatoms. The average molecular weight is 449 g/mol. The molecule has 1 aliphatic heterocycles. The predicted octanol–water partition coefficient (Wildman–Crippen LogP) is 3.12. The van der Waals surface area contributed by atoms with Crippen LogP contribution in [0.5, 0.6) is 11.5 Å². The number of nitrogens with one attached hydrogen (secondary N) is 2. The van der Waals surface area contributed by atoms with E-state index in [0.29, 0.717) is 22.7 Å². The molecule has 0 bridgehead atoms. The third-order valence-electron chi connectivity index (χ3n) is 6.54. The highest BCUT2D eigenvalue weighted by atomic mass is 16.3. The van der Waals surface area contributed by atoms with Crippen LogP contribution in [0.4, 0.5) is 0 Å². The molecule has 3 heterocycles. The minimum Gasteiger partial charge on any atom is -0.508 e. The van der Waals surface area contributed by atoms with E-state index in [2.05, 4.69) is 20.1 Å². The van der Waals surface area contributed by atoms with E-state index in [0.717, 1.165) is 42.8 Å². The van der Waals surface area contributed by atoms with Gasteiger partial charge in [-0.05, 0) is 61.7 Å². The zero-order valence-electron chi connectivity index (χ0n) is 19.0. The number of hydrogen-bond acceptors (Lipinski definition) is 6. The minimum absolute atomic E-state index is 0.0102. The monoisotopic (exact) mass is 448 g/mol. The van der Waals surface area contributed by atoms with Crippen LogP contribution < -0.4 is 11.0 Å². The van der Waals surface area contributed by atoms with E-state index in [4.69, 9.17) is 4.98 Å². The Morgan fingerprint density at radius 2 is 1.85 bits per heavy atom. The molecule has 4 aromatic rings. The molecule has 4 N–H and O–H groups in total. The van der Waals surface area contributed by atoms with E-state index in [9.17, 15) is 15.0 Å². The van der Waals surface area contributed by atoms with Gasteiger partial charge in [0.05, 0.1) is 22.3 Å². The number of aromatic nitrogens is 5. The summed E-state index contributed by atoms with van der Waals surface area (Å²) >= 11 is 0. The molecule has 1 aliphatic rings. The number of rotatable bonds is 4. The highest BCUT2D eigenvalue weighted by Crippen LogP contribution is 2.37. The van der Waals surface area contributed by atoms with Gasteiger partial charge < -0.3 is 20.1 Å². The van der Waals surface area contributed by atoms with Crippen molar-refractivity contribution in [3.8, 4) is 28.6 Å². The molecule has 1 fully saturated rings. The van der Waals surface area contributed by atoms with Gasteiger partial charge in [-0.2, -0.15) is 5.10 Å². The van der Waals surface area contributed by atoms with Gasteiger partial charge in [0, 0.05) is 19.0 Å². The van der Waals surface area contributed by atoms with Crippen LogP contribution >= 0.6 is 0 Å². The van der Waals surface area contributed by atoms with E-state index >= 15 is 0 Å². The summed E-state index contributed by atoms with van der Waals surface area (Å²) in [6, 6.07) is 8.66. The summed E-state index contributed by atoms with van der Waals surface area (Å²) in [5, 5.41) is 30.8. The number of piperidine rings is 1. The van der Waals surface area contributed by atoms with Gasteiger partial charge in [-0.15, -0.1) is 0 Å². The SMILES string of the molecule is CC(C)c1cc(-c2n[nH]c(=O)n2-c2ccc3c(c2)nc(C2CCNCC2)n3C)c(O)cc1O. The van der Waals surface area contributed by atoms with Crippen molar-refractivity contribution in [2.45, 2.75) is 38.5 Å². The minimum atomic E-state index is -0.419. The summed E-state index contributed by atoms with van der Waals surface area (Å²) in [5.41, 5.74) is 3.02. The number of H-pyrrole nitrogens is 1. The Kier molecular flexibility index (Phi) is 5.20. The number of phenolic OH excluding ortho intramolecular Hbond substituents is 2. The molecular formula is C24H28N6O3. The predicted molar refractivity (Wildman–Crippen MR) is 126 cm³/mol. The first-order valence-electron chi connectivity index (χ1n) is 11.3. The van der Waals surface area contributed by atoms with E-state index in [-0.39, 0.29) is 23.2 Å². The zero-order valence-corrected chi connectivity index (χ0v) is 19.0. The lowest BCUT2D eigenvalue weighted by atomic mass is 9.97. The van der Waals surface area contributed by atoms with Crippen LogP contribution in [-0.2, 0) is 7.05 Å². The highest BCUT2D eigenvalue weighted by Gasteiger charge is 2.23. The van der Waals surface area contributed by atoms with Crippen molar-refractivity contribution in [3.63, 3.8) is 0 Å². The van der Waals surface area contributed by atoms with Crippen LogP contribution in [0.3, 0.4) is 0 Å². The first-order chi connectivity index (χ1) is 15.8. The zero-order chi connectivity index (χ0) is 23.3. The van der Waals surface area contributed by atoms with Gasteiger partial charge in [0.15, 0.2) is 5.82 Å². The Balaban J connectivity index is 1.63. The van der Waals surface area contributed by atoms with Gasteiger partial charge in [-0.1, -0.05) is 13.8 Å². The summed E-state index contributed by atoms with van der Waals surface area (Å²) in [6.45, 7) is 5.87. The third kappa shape index (κ3) is 3.58. The molecule has 1 saturated heterocycles. The lowest BCUT2D eigenvalue weighted by Gasteiger charge is -2.22. The molecule has 172 valence electrons. The molecule has 0 radical (unpaired) electrons. The molecule has 2 aromatic heterocycles. The lowest BCUT2D eigenvalue weighted by molar-refractivity contribution is 0.438. The van der Waals surface area contributed by atoms with Gasteiger partial charge in [0.25, 0.3) is 0 Å². The Bertz CT molecular complexity index is 1390. The quantitative estimate of drug-likeness (QED) is 0.381. The Morgan fingerprint density at radius 3 is 2.58 bits per heavy atom. The van der Waals surface area contributed by atoms with Crippen LogP contribution in [0.1, 0.15) is 49.9 Å². The smallest absolute Gasteiger partial charge is 0.348 e. The second-order valence-corrected chi connectivity index (χ2v) is 9.00. The first kappa shape index (κ1) is 21.3. The summed E-state index contributed by atoms with van der Waals surface area (Å²) in [5.74, 6) is 1.62. The molecular weight excluding hydrogens is 420 g/mol. The summed E-state index contributed by atoms with van der Waals surface area (Å²) < 4.78 is 3.56. The molecule has 2 aromatic carbocycles. The van der Waals surface area contributed by atoms with E-state index < -0.39 is 5.69 Å². The standard InChI is InChI=1S/C24H28N6O3/c1-13(2)16-11-17(21(32)12-20(16)31)23-27-28-24(33)30(23)15-4-5-19-18(10-15)26-22(29(19)3)14-6-8-25-9-7-14/h4-5,10-14,25,31-32H,6-9H2,1-3H3,(H,28,33). The molecule has 33 heavy (non-hydrogen) atoms. The van der Waals surface area contributed by atoms with Crippen molar-refractivity contribution in [2.75, 3.05) is 13.1 Å². The summed E-state index contributed by atoms with van der Waals surface area (Å²) in [6.07, 6.45) is 2.10. The molecule has 0 aliphatic carbocycles. The van der Waals surface area contributed by atoms with Crippen molar-refractivity contribution in [1.29, 1.82) is 0 Å². The Labute approximate surface area is 190 Å². The molecule has 0 spiro atoms. The van der Waals surface area contributed by atoms with Crippen LogP contribution in [0, 0.1) is 0 Å². The Morgan fingerprint density at radius 1 is 1.09 bits per heavy atom. The van der Waals surface area contributed by atoms with E-state index in [1.165, 1.54) is 10.6 Å². The molecule has 0 unspecified atom stereocenters. The molecule has 9 nitrogen and oxygen atoms in total. The molecule has 0 saturated carbocycles. The van der Waals surface area contributed by atoms with Crippen LogP contribution in [0.15, 0.2) is 35.1 Å². The first-order valence-corrected chi connectivity index (χ1v) is 11.3. The lowest BCUT2D eigenvalue weighted by Crippen LogP contribution is -2.27. The fourth-order valence-electron chi connectivity index (χ4n) is 4.74. The van der Waals surface area contributed by atoms with Crippen LogP contribution in [0.2, 0.25) is 0 Å². The number of nitrogens with zero attached hydrogens (tertiary/aromatic N) is 4. The van der Waals surface area contributed by atoms with Crippen molar-refractivity contribution in [3.05, 3.63) is 52.2 Å². The molecule has 0 amide bonds. The maximum absolute atomic E-state index is 12.7. The molecule has 0 atom stereocenters. The summed E-state index contributed by atoms with van der Waals surface area (Å²) in [4.78, 5) is 17.7. The van der Waals surface area contributed by atoms with Crippen LogP contribution in [-0.4, -0.2) is 47.6 Å². The van der Waals surface area contributed by atoms with E-state index in [1.54, 1.807) is 6.07 Å². The number of fused-ring (bicyclic) bond motifs is 1. The van der Waals surface area contributed by atoms with Gasteiger partial charge in [0.1, 0.15) is 17.3 Å². The maximum atomic E-state index is 12.7. The number of aromatic hydroxyl groups is 2. The number of aryl methyl sites for hydroxylation is 1. The highest BCUT2D eigenvalue weighted by molar-refractivity contribution is 5.79. The second-order valence-electron chi connectivity index (χ2n) is 9.00. The number of aromatic amines is 1. The van der Waals surface area contributed by atoms with Crippen molar-refractivity contribution in [1.82, 2.24) is 29.6 Å². The van der Waals surface area contributed by atoms with Crippen molar-refractivity contribution >= 4 is 11.0 Å². The van der Waals surface area contributed by atoms with Crippen molar-refractivity contribution in [2.24, 2.45) is 7.05 Å². The number of benzene rings is 2. The number of phenols is 2. The summed E-state index contributed by atoms with van der Waals surface area (Å²) in [7, 11) is 2.03. The fourth-order valence-corrected chi connectivity index (χ4v) is 4.74. The van der Waals surface area contributed by atoms with Gasteiger partial charge in [-0.25, -0.2) is 19.4 Å². The maximum Gasteiger partial charge on any atom is 0.348 e. The van der Waals surface area contributed by atoms with Crippen molar-refractivity contribution < 1.29 is 10.2 Å². The fraction of sp³-hybridized carbons (Fsp3) is 0.375. The molecule has 5 rings (SSSR count). The van der Waals surface area contributed by atoms with E-state index in [1.807, 2.05) is 39.1 Å². The van der Waals surface area contributed by atoms with Crippen LogP contribution in [0.25, 0.3) is 28.1 Å². The largest absolute Gasteiger partial charge is 0.508 e. The third-order valence-corrected chi connectivity index (χ3v) is 6.54. The topological polar surface area (TPSA) is 121 Å². The second kappa shape index (κ2) is 8.08.